The van der Waals surface area contributed by atoms with Crippen molar-refractivity contribution in [3.63, 3.8) is 0 Å². The van der Waals surface area contributed by atoms with Crippen LogP contribution in [0.4, 0.5) is 0 Å². The lowest BCUT2D eigenvalue weighted by atomic mass is 10.1. The van der Waals surface area contributed by atoms with E-state index in [0.717, 1.165) is 14.7 Å². The van der Waals surface area contributed by atoms with Gasteiger partial charge in [0.2, 0.25) is 0 Å². The minimum Gasteiger partial charge on any atom is -0.496 e. The lowest BCUT2D eigenvalue weighted by molar-refractivity contribution is -0.123. The van der Waals surface area contributed by atoms with E-state index >= 15 is 0 Å². The van der Waals surface area contributed by atoms with Crippen LogP contribution < -0.4 is 20.3 Å². The molecule has 25 heavy (non-hydrogen) atoms. The maximum atomic E-state index is 12.0. The number of nitrogens with one attached hydrogen (secondary N) is 2. The Labute approximate surface area is 160 Å². The zero-order valence-corrected chi connectivity index (χ0v) is 16.3. The van der Waals surface area contributed by atoms with Crippen LogP contribution in [0.15, 0.2) is 36.4 Å². The predicted octanol–water partition coefficient (Wildman–Crippen LogP) is 2.76. The van der Waals surface area contributed by atoms with Crippen molar-refractivity contribution < 1.29 is 19.1 Å². The molecule has 0 saturated heterocycles. The van der Waals surface area contributed by atoms with Crippen LogP contribution in [0.5, 0.6) is 11.5 Å². The van der Waals surface area contributed by atoms with E-state index in [0.29, 0.717) is 17.1 Å². The first-order valence-electron chi connectivity index (χ1n) is 7.53. The minimum absolute atomic E-state index is 0.192. The molecule has 2 aromatic carbocycles. The number of hydrazine groups is 1. The number of rotatable bonds is 5. The summed E-state index contributed by atoms with van der Waals surface area (Å²) in [6.45, 7) is 3.78. The van der Waals surface area contributed by atoms with Crippen LogP contribution in [0, 0.1) is 17.4 Å². The molecule has 0 fully saturated rings. The number of benzene rings is 2. The Balaban J connectivity index is 1.83. The SMILES string of the molecule is COc1ccc(C(=O)NNC(=O)COc2ccc(C)c(C)c2)cc1I. The van der Waals surface area contributed by atoms with Crippen molar-refractivity contribution in [2.75, 3.05) is 13.7 Å². The summed E-state index contributed by atoms with van der Waals surface area (Å²) < 4.78 is 11.4. The third-order valence-electron chi connectivity index (χ3n) is 3.58. The van der Waals surface area contributed by atoms with Crippen molar-refractivity contribution >= 4 is 34.4 Å². The van der Waals surface area contributed by atoms with Gasteiger partial charge in [-0.15, -0.1) is 0 Å². The normalized spacial score (nSPS) is 10.1. The molecule has 2 N–H and O–H groups in total. The van der Waals surface area contributed by atoms with E-state index < -0.39 is 11.8 Å². The summed E-state index contributed by atoms with van der Waals surface area (Å²) in [7, 11) is 1.56. The van der Waals surface area contributed by atoms with Gasteiger partial charge in [-0.25, -0.2) is 0 Å². The summed E-state index contributed by atoms with van der Waals surface area (Å²) >= 11 is 2.07. The second-order valence-corrected chi connectivity index (χ2v) is 6.55. The first-order chi connectivity index (χ1) is 11.9. The zero-order chi connectivity index (χ0) is 18.4. The molecule has 0 bridgehead atoms. The van der Waals surface area contributed by atoms with Gasteiger partial charge in [0.25, 0.3) is 11.8 Å². The highest BCUT2D eigenvalue weighted by Gasteiger charge is 2.10. The van der Waals surface area contributed by atoms with E-state index in [1.165, 1.54) is 0 Å². The summed E-state index contributed by atoms with van der Waals surface area (Å²) in [4.78, 5) is 23.8. The molecule has 0 heterocycles. The van der Waals surface area contributed by atoms with Gasteiger partial charge in [0, 0.05) is 5.56 Å². The van der Waals surface area contributed by atoms with Crippen LogP contribution in [-0.2, 0) is 4.79 Å². The van der Waals surface area contributed by atoms with Crippen molar-refractivity contribution in [3.8, 4) is 11.5 Å². The highest BCUT2D eigenvalue weighted by Crippen LogP contribution is 2.21. The molecule has 0 atom stereocenters. The Morgan fingerprint density at radius 2 is 1.80 bits per heavy atom. The summed E-state index contributed by atoms with van der Waals surface area (Å²) in [5.74, 6) is 0.423. The summed E-state index contributed by atoms with van der Waals surface area (Å²) in [6.07, 6.45) is 0. The molecule has 0 aromatic heterocycles. The van der Waals surface area contributed by atoms with Gasteiger partial charge in [-0.3, -0.25) is 20.4 Å². The first kappa shape index (κ1) is 19.0. The van der Waals surface area contributed by atoms with Crippen LogP contribution >= 0.6 is 22.6 Å². The Kier molecular flexibility index (Phi) is 6.63. The van der Waals surface area contributed by atoms with E-state index in [9.17, 15) is 9.59 Å². The Bertz CT molecular complexity index is 793. The van der Waals surface area contributed by atoms with E-state index in [1.54, 1.807) is 31.4 Å². The van der Waals surface area contributed by atoms with Crippen molar-refractivity contribution in [2.45, 2.75) is 13.8 Å². The van der Waals surface area contributed by atoms with Crippen molar-refractivity contribution in [2.24, 2.45) is 0 Å². The number of carbonyl (C=O) groups excluding carboxylic acids is 2. The average molecular weight is 454 g/mol. The topological polar surface area (TPSA) is 76.7 Å². The van der Waals surface area contributed by atoms with Gasteiger partial charge in [0.15, 0.2) is 6.61 Å². The molecular formula is C18H19IN2O4. The monoisotopic (exact) mass is 454 g/mol. The standard InChI is InChI=1S/C18H19IN2O4/c1-11-4-6-14(8-12(11)2)25-10-17(22)20-21-18(23)13-5-7-16(24-3)15(19)9-13/h4-9H,10H2,1-3H3,(H,20,22)(H,21,23). The highest BCUT2D eigenvalue weighted by atomic mass is 127. The van der Waals surface area contributed by atoms with Gasteiger partial charge in [0.1, 0.15) is 11.5 Å². The number of ether oxygens (including phenoxy) is 2. The molecule has 0 aliphatic carbocycles. The average Bonchev–Trinajstić information content (AvgIpc) is 2.60. The summed E-state index contributed by atoms with van der Waals surface area (Å²) in [6, 6.07) is 10.6. The van der Waals surface area contributed by atoms with Crippen LogP contribution in [-0.4, -0.2) is 25.5 Å². The van der Waals surface area contributed by atoms with Crippen molar-refractivity contribution in [1.29, 1.82) is 0 Å². The molecule has 0 spiro atoms. The number of hydrogen-bond donors (Lipinski definition) is 2. The molecule has 2 aromatic rings. The van der Waals surface area contributed by atoms with Gasteiger partial charge in [-0.1, -0.05) is 6.07 Å². The minimum atomic E-state index is -0.449. The molecule has 0 aliphatic rings. The van der Waals surface area contributed by atoms with E-state index in [4.69, 9.17) is 9.47 Å². The maximum absolute atomic E-state index is 12.0. The number of amides is 2. The molecule has 132 valence electrons. The van der Waals surface area contributed by atoms with Gasteiger partial charge < -0.3 is 9.47 Å². The maximum Gasteiger partial charge on any atom is 0.276 e. The quantitative estimate of drug-likeness (QED) is 0.538. The fraction of sp³-hybridized carbons (Fsp3) is 0.222. The highest BCUT2D eigenvalue weighted by molar-refractivity contribution is 14.1. The van der Waals surface area contributed by atoms with Crippen LogP contribution in [0.25, 0.3) is 0 Å². The number of hydrogen-bond acceptors (Lipinski definition) is 4. The van der Waals surface area contributed by atoms with Crippen LogP contribution in [0.3, 0.4) is 0 Å². The second kappa shape index (κ2) is 8.70. The molecule has 0 aliphatic heterocycles. The van der Waals surface area contributed by atoms with E-state index in [-0.39, 0.29) is 6.61 Å². The smallest absolute Gasteiger partial charge is 0.276 e. The summed E-state index contributed by atoms with van der Waals surface area (Å²) in [5.41, 5.74) is 7.34. The molecule has 0 unspecified atom stereocenters. The van der Waals surface area contributed by atoms with Gasteiger partial charge in [-0.2, -0.15) is 0 Å². The second-order valence-electron chi connectivity index (χ2n) is 5.39. The van der Waals surface area contributed by atoms with Gasteiger partial charge in [-0.05, 0) is 77.9 Å². The van der Waals surface area contributed by atoms with Crippen molar-refractivity contribution in [3.05, 3.63) is 56.7 Å². The molecule has 6 nitrogen and oxygen atoms in total. The van der Waals surface area contributed by atoms with Gasteiger partial charge >= 0.3 is 0 Å². The fourth-order valence-electron chi connectivity index (χ4n) is 1.99. The Hall–Kier alpha value is -2.29. The number of aryl methyl sites for hydroxylation is 2. The van der Waals surface area contributed by atoms with Crippen LogP contribution in [0.1, 0.15) is 21.5 Å². The number of methoxy groups -OCH3 is 1. The molecule has 2 amide bonds. The lowest BCUT2D eigenvalue weighted by Gasteiger charge is -2.10. The summed E-state index contributed by atoms with van der Waals surface area (Å²) in [5, 5.41) is 0. The molecule has 2 rings (SSSR count). The number of carbonyl (C=O) groups is 2. The molecule has 0 radical (unpaired) electrons. The van der Waals surface area contributed by atoms with Gasteiger partial charge in [0.05, 0.1) is 10.7 Å². The fourth-order valence-corrected chi connectivity index (χ4v) is 2.73. The molecule has 7 heteroatoms. The Morgan fingerprint density at radius 1 is 1.04 bits per heavy atom. The van der Waals surface area contributed by atoms with Crippen molar-refractivity contribution in [1.82, 2.24) is 10.9 Å². The largest absolute Gasteiger partial charge is 0.496 e. The zero-order valence-electron chi connectivity index (χ0n) is 14.2. The molecule has 0 saturated carbocycles. The third-order valence-corrected chi connectivity index (χ3v) is 4.42. The predicted molar refractivity (Wildman–Crippen MR) is 103 cm³/mol. The van der Waals surface area contributed by atoms with E-state index in [1.807, 2.05) is 26.0 Å². The van der Waals surface area contributed by atoms with E-state index in [2.05, 4.69) is 33.4 Å². The molecular weight excluding hydrogens is 435 g/mol. The number of halogens is 1. The Morgan fingerprint density at radius 3 is 2.44 bits per heavy atom. The lowest BCUT2D eigenvalue weighted by Crippen LogP contribution is -2.43. The van der Waals surface area contributed by atoms with Crippen LogP contribution in [0.2, 0.25) is 0 Å². The first-order valence-corrected chi connectivity index (χ1v) is 8.61. The third kappa shape index (κ3) is 5.35.